The Morgan fingerprint density at radius 3 is 2.48 bits per heavy atom. The predicted octanol–water partition coefficient (Wildman–Crippen LogP) is 3.49. The largest absolute Gasteiger partial charge is 0.378 e. The molecule has 2 aliphatic heterocycles. The number of nitrogens with two attached hydrogens (primary N) is 1. The SMILES string of the molecule is CC(=O)N1c2ccc(-c3ccc(NC(=O)CNC(O)c4nc5c(N6CCOCC6)nc(-c6cnc(N)nc6)cn5c4C)cc3)cc2CC[C@@H]1C. The summed E-state index contributed by atoms with van der Waals surface area (Å²) in [6, 6.07) is 14.0. The molecule has 3 aromatic heterocycles. The zero-order valence-electron chi connectivity index (χ0n) is 28.3. The van der Waals surface area contributed by atoms with Crippen molar-refractivity contribution in [2.75, 3.05) is 53.7 Å². The number of carbonyl (C=O) groups is 2. The van der Waals surface area contributed by atoms with Crippen molar-refractivity contribution in [1.29, 1.82) is 0 Å². The molecule has 0 bridgehead atoms. The van der Waals surface area contributed by atoms with Gasteiger partial charge in [-0.25, -0.2) is 19.9 Å². The first-order valence-electron chi connectivity index (χ1n) is 16.7. The number of nitrogens with one attached hydrogen (secondary N) is 2. The first kappa shape index (κ1) is 33.1. The van der Waals surface area contributed by atoms with E-state index in [0.717, 1.165) is 35.2 Å². The van der Waals surface area contributed by atoms with Crippen LogP contribution in [0.4, 0.5) is 23.1 Å². The van der Waals surface area contributed by atoms with E-state index in [-0.39, 0.29) is 30.3 Å². The molecule has 0 radical (unpaired) electrons. The number of morpholine rings is 1. The van der Waals surface area contributed by atoms with Gasteiger partial charge in [-0.3, -0.25) is 19.3 Å². The molecule has 1 fully saturated rings. The first-order chi connectivity index (χ1) is 24.2. The molecule has 2 amide bonds. The van der Waals surface area contributed by atoms with Crippen LogP contribution in [0.2, 0.25) is 0 Å². The van der Waals surface area contributed by atoms with Gasteiger partial charge in [-0.1, -0.05) is 18.2 Å². The highest BCUT2D eigenvalue weighted by Gasteiger charge is 2.27. The Hall–Kier alpha value is -5.44. The maximum atomic E-state index is 12.9. The predicted molar refractivity (Wildman–Crippen MR) is 191 cm³/mol. The Bertz CT molecular complexity index is 2040. The number of nitrogens with zero attached hydrogens (tertiary/aromatic N) is 7. The fourth-order valence-electron chi connectivity index (χ4n) is 6.67. The average Bonchev–Trinajstić information content (AvgIpc) is 3.46. The van der Waals surface area contributed by atoms with Gasteiger partial charge < -0.3 is 30.7 Å². The lowest BCUT2D eigenvalue weighted by Gasteiger charge is -2.34. The van der Waals surface area contributed by atoms with Gasteiger partial charge >= 0.3 is 0 Å². The maximum Gasteiger partial charge on any atom is 0.238 e. The summed E-state index contributed by atoms with van der Waals surface area (Å²) in [6.45, 7) is 7.81. The van der Waals surface area contributed by atoms with Crippen LogP contribution < -0.4 is 26.2 Å². The van der Waals surface area contributed by atoms with E-state index in [1.54, 1.807) is 19.3 Å². The molecular weight excluding hydrogens is 636 g/mol. The van der Waals surface area contributed by atoms with Crippen molar-refractivity contribution in [2.24, 2.45) is 0 Å². The van der Waals surface area contributed by atoms with Gasteiger partial charge in [0.05, 0.1) is 25.5 Å². The molecule has 50 heavy (non-hydrogen) atoms. The second kappa shape index (κ2) is 13.8. The van der Waals surface area contributed by atoms with Crippen LogP contribution >= 0.6 is 0 Å². The third-order valence-electron chi connectivity index (χ3n) is 9.31. The van der Waals surface area contributed by atoms with Crippen LogP contribution in [0.3, 0.4) is 0 Å². The monoisotopic (exact) mass is 676 g/mol. The van der Waals surface area contributed by atoms with Crippen LogP contribution in [-0.2, 0) is 20.7 Å². The number of fused-ring (bicyclic) bond motifs is 2. The molecule has 5 aromatic rings. The van der Waals surface area contributed by atoms with Crippen LogP contribution in [0, 0.1) is 6.92 Å². The summed E-state index contributed by atoms with van der Waals surface area (Å²) in [5.41, 5.74) is 13.5. The second-order valence-corrected chi connectivity index (χ2v) is 12.7. The van der Waals surface area contributed by atoms with Gasteiger partial charge in [0.15, 0.2) is 11.5 Å². The molecule has 258 valence electrons. The molecule has 0 aliphatic carbocycles. The lowest BCUT2D eigenvalue weighted by molar-refractivity contribution is -0.117. The van der Waals surface area contributed by atoms with Gasteiger partial charge in [0, 0.05) is 67.3 Å². The van der Waals surface area contributed by atoms with Crippen LogP contribution in [0.15, 0.2) is 61.1 Å². The van der Waals surface area contributed by atoms with Crippen LogP contribution in [-0.4, -0.2) is 80.1 Å². The summed E-state index contributed by atoms with van der Waals surface area (Å²) in [4.78, 5) is 47.1. The third-order valence-corrected chi connectivity index (χ3v) is 9.31. The van der Waals surface area contributed by atoms with Gasteiger partial charge in [-0.15, -0.1) is 0 Å². The van der Waals surface area contributed by atoms with Crippen LogP contribution in [0.25, 0.3) is 28.0 Å². The molecule has 0 saturated carbocycles. The quantitative estimate of drug-likeness (QED) is 0.177. The van der Waals surface area contributed by atoms with Gasteiger partial charge in [0.1, 0.15) is 11.9 Å². The maximum absolute atomic E-state index is 12.9. The minimum absolute atomic E-state index is 0.0527. The van der Waals surface area contributed by atoms with Gasteiger partial charge in [-0.05, 0) is 67.6 Å². The van der Waals surface area contributed by atoms with Gasteiger partial charge in [0.25, 0.3) is 0 Å². The van der Waals surface area contributed by atoms with E-state index in [1.165, 1.54) is 0 Å². The second-order valence-electron chi connectivity index (χ2n) is 12.7. The molecule has 14 heteroatoms. The van der Waals surface area contributed by atoms with E-state index in [1.807, 2.05) is 58.8 Å². The highest BCUT2D eigenvalue weighted by Crippen LogP contribution is 2.35. The highest BCUT2D eigenvalue weighted by molar-refractivity contribution is 5.94. The van der Waals surface area contributed by atoms with Gasteiger partial charge in [-0.2, -0.15) is 0 Å². The molecule has 5 heterocycles. The third kappa shape index (κ3) is 6.60. The topological polar surface area (TPSA) is 176 Å². The van der Waals surface area contributed by atoms with Crippen molar-refractivity contribution in [2.45, 2.75) is 45.9 Å². The average molecular weight is 677 g/mol. The normalized spacial score (nSPS) is 16.7. The highest BCUT2D eigenvalue weighted by atomic mass is 16.5. The number of aryl methyl sites for hydroxylation is 2. The summed E-state index contributed by atoms with van der Waals surface area (Å²) >= 11 is 0. The molecule has 2 aliphatic rings. The van der Waals surface area contributed by atoms with Crippen LogP contribution in [0.1, 0.15) is 43.4 Å². The zero-order valence-corrected chi connectivity index (χ0v) is 28.3. The number of aliphatic hydroxyl groups is 1. The minimum atomic E-state index is -1.21. The smallest absolute Gasteiger partial charge is 0.238 e. The Kier molecular flexibility index (Phi) is 9.14. The van der Waals surface area contributed by atoms with Crippen molar-refractivity contribution in [1.82, 2.24) is 29.7 Å². The number of ether oxygens (including phenoxy) is 1. The Morgan fingerprint density at radius 2 is 1.76 bits per heavy atom. The Morgan fingerprint density at radius 1 is 1.04 bits per heavy atom. The molecule has 5 N–H and O–H groups in total. The fourth-order valence-corrected chi connectivity index (χ4v) is 6.67. The van der Waals surface area contributed by atoms with Crippen molar-refractivity contribution in [3.63, 3.8) is 0 Å². The van der Waals surface area contributed by atoms with E-state index < -0.39 is 6.23 Å². The van der Waals surface area contributed by atoms with Gasteiger partial charge in [0.2, 0.25) is 17.8 Å². The number of aliphatic hydroxyl groups excluding tert-OH is 1. The summed E-state index contributed by atoms with van der Waals surface area (Å²) in [5.74, 6) is 0.556. The number of hydrogen-bond donors (Lipinski definition) is 4. The summed E-state index contributed by atoms with van der Waals surface area (Å²) in [7, 11) is 0. The summed E-state index contributed by atoms with van der Waals surface area (Å²) in [6.07, 6.45) is 5.70. The fraction of sp³-hybridized carbons (Fsp3) is 0.333. The van der Waals surface area contributed by atoms with E-state index in [2.05, 4.69) is 38.5 Å². The zero-order chi connectivity index (χ0) is 34.9. The van der Waals surface area contributed by atoms with E-state index in [9.17, 15) is 14.7 Å². The van der Waals surface area contributed by atoms with Crippen molar-refractivity contribution in [3.05, 3.63) is 78.0 Å². The molecule has 2 aromatic carbocycles. The van der Waals surface area contributed by atoms with Crippen molar-refractivity contribution < 1.29 is 19.4 Å². The minimum Gasteiger partial charge on any atom is -0.378 e. The Balaban J connectivity index is 1.04. The van der Waals surface area contributed by atoms with Crippen LogP contribution in [0.5, 0.6) is 0 Å². The van der Waals surface area contributed by atoms with E-state index in [4.69, 9.17) is 20.4 Å². The van der Waals surface area contributed by atoms with Crippen molar-refractivity contribution in [3.8, 4) is 22.4 Å². The number of carbonyl (C=O) groups excluding carboxylic acids is 2. The van der Waals surface area contributed by atoms with E-state index >= 15 is 0 Å². The molecule has 7 rings (SSSR count). The first-order valence-corrected chi connectivity index (χ1v) is 16.7. The standard InChI is InChI=1S/C36H40N10O4/c1-21-4-5-26-16-25(8-11-30(26)46(21)23(3)47)24-6-9-28(10-7-24)41-31(48)19-38-35(49)32-22(2)45-20-29(27-17-39-36(37)40-18-27)42-33(34(45)43-32)44-12-14-50-15-13-44/h6-11,16-18,20-21,35,38,49H,4-5,12-15,19H2,1-3H3,(H,41,48)(H2,37,39,40)/t21-,35?/m0/s1. The number of aromatic nitrogens is 5. The number of hydrogen-bond acceptors (Lipinski definition) is 11. The lowest BCUT2D eigenvalue weighted by Crippen LogP contribution is -2.40. The summed E-state index contributed by atoms with van der Waals surface area (Å²) in [5, 5.41) is 17.0. The number of anilines is 4. The molecule has 1 saturated heterocycles. The number of nitrogen functional groups attached to an aromatic ring is 1. The van der Waals surface area contributed by atoms with E-state index in [0.29, 0.717) is 66.1 Å². The molecule has 0 spiro atoms. The number of benzene rings is 2. The summed E-state index contributed by atoms with van der Waals surface area (Å²) < 4.78 is 7.44. The van der Waals surface area contributed by atoms with Crippen molar-refractivity contribution >= 4 is 40.6 Å². The molecule has 1 unspecified atom stereocenters. The number of rotatable bonds is 8. The number of imidazole rings is 1. The molecule has 2 atom stereocenters. The Labute approximate surface area is 289 Å². The lowest BCUT2D eigenvalue weighted by atomic mass is 9.93. The molecular formula is C36H40N10O4. The molecule has 14 nitrogen and oxygen atoms in total. The number of amides is 2.